The average molecular weight is 422 g/mol. The van der Waals surface area contributed by atoms with Crippen LogP contribution < -0.4 is 0 Å². The van der Waals surface area contributed by atoms with Gasteiger partial charge < -0.3 is 15.0 Å². The summed E-state index contributed by atoms with van der Waals surface area (Å²) < 4.78 is 28.4. The van der Waals surface area contributed by atoms with E-state index in [0.29, 0.717) is 34.1 Å². The summed E-state index contributed by atoms with van der Waals surface area (Å²) >= 11 is 0. The first-order valence-corrected chi connectivity index (χ1v) is 10.5. The topological polar surface area (TPSA) is 56.3 Å². The minimum absolute atomic E-state index is 0.175. The van der Waals surface area contributed by atoms with E-state index in [9.17, 15) is 18.7 Å². The van der Waals surface area contributed by atoms with Gasteiger partial charge in [0.1, 0.15) is 11.6 Å². The van der Waals surface area contributed by atoms with Crippen molar-refractivity contribution in [2.24, 2.45) is 0 Å². The van der Waals surface area contributed by atoms with Crippen LogP contribution in [-0.4, -0.2) is 26.9 Å². The maximum absolute atomic E-state index is 14.8. The van der Waals surface area contributed by atoms with Gasteiger partial charge in [0.25, 0.3) is 5.91 Å². The summed E-state index contributed by atoms with van der Waals surface area (Å²) in [5.74, 6) is 0.944. The van der Waals surface area contributed by atoms with Crippen molar-refractivity contribution in [3.63, 3.8) is 0 Å². The van der Waals surface area contributed by atoms with Crippen molar-refractivity contribution in [3.05, 3.63) is 70.4 Å². The standard InChI is InChI=1S/C25H24F2N2O2/c1-3-5-6-18-13-20-19-11-15(14-30)12-21(27)23(19)28-24(20)25(29(18)22(31)4-2)16-7-9-17(26)10-8-16/h2,7-12,18,25,28,30H,3,5-6,13-14H2,1H3/t18-,25?/m0/s1. The van der Waals surface area contributed by atoms with Crippen molar-refractivity contribution in [3.8, 4) is 12.3 Å². The largest absolute Gasteiger partial charge is 0.392 e. The lowest BCUT2D eigenvalue weighted by Crippen LogP contribution is -2.47. The van der Waals surface area contributed by atoms with Gasteiger partial charge in [-0.2, -0.15) is 0 Å². The van der Waals surface area contributed by atoms with E-state index >= 15 is 0 Å². The molecule has 1 aromatic heterocycles. The van der Waals surface area contributed by atoms with Crippen molar-refractivity contribution in [1.29, 1.82) is 0 Å². The number of aromatic amines is 1. The van der Waals surface area contributed by atoms with Crippen LogP contribution >= 0.6 is 0 Å². The number of unbranched alkanes of at least 4 members (excludes halogenated alkanes) is 1. The molecule has 1 unspecified atom stereocenters. The van der Waals surface area contributed by atoms with Crippen LogP contribution in [0.2, 0.25) is 0 Å². The van der Waals surface area contributed by atoms with E-state index in [1.807, 2.05) is 0 Å². The molecule has 1 aliphatic heterocycles. The number of carbonyl (C=O) groups excluding carboxylic acids is 1. The normalized spacial score (nSPS) is 18.1. The van der Waals surface area contributed by atoms with E-state index in [-0.39, 0.29) is 18.5 Å². The molecule has 0 saturated heterocycles. The first-order valence-electron chi connectivity index (χ1n) is 10.5. The fraction of sp³-hybridized carbons (Fsp3) is 0.320. The lowest BCUT2D eigenvalue weighted by Gasteiger charge is -2.41. The second-order valence-corrected chi connectivity index (χ2v) is 7.99. The fourth-order valence-electron chi connectivity index (χ4n) is 4.62. The zero-order chi connectivity index (χ0) is 22.1. The van der Waals surface area contributed by atoms with E-state index in [1.165, 1.54) is 18.2 Å². The number of carbonyl (C=O) groups is 1. The Morgan fingerprint density at radius 3 is 2.68 bits per heavy atom. The maximum atomic E-state index is 14.8. The second-order valence-electron chi connectivity index (χ2n) is 7.99. The molecule has 2 heterocycles. The first kappa shape index (κ1) is 21.1. The molecule has 0 aliphatic carbocycles. The number of amides is 1. The highest BCUT2D eigenvalue weighted by atomic mass is 19.1. The van der Waals surface area contributed by atoms with Crippen LogP contribution in [0.1, 0.15) is 54.6 Å². The molecule has 2 atom stereocenters. The number of rotatable bonds is 5. The number of aliphatic hydroxyl groups excluding tert-OH is 1. The van der Waals surface area contributed by atoms with Gasteiger partial charge in [-0.25, -0.2) is 8.78 Å². The molecule has 0 saturated carbocycles. The molecule has 0 bridgehead atoms. The fourth-order valence-corrected chi connectivity index (χ4v) is 4.62. The number of terminal acetylenes is 1. The highest BCUT2D eigenvalue weighted by Gasteiger charge is 2.40. The monoisotopic (exact) mass is 422 g/mol. The third kappa shape index (κ3) is 3.70. The molecule has 0 radical (unpaired) electrons. The molecule has 2 N–H and O–H groups in total. The number of benzene rings is 2. The molecule has 4 nitrogen and oxygen atoms in total. The Kier molecular flexibility index (Phi) is 5.79. The van der Waals surface area contributed by atoms with Crippen molar-refractivity contribution in [1.82, 2.24) is 9.88 Å². The van der Waals surface area contributed by atoms with Gasteiger partial charge in [0, 0.05) is 17.1 Å². The molecular weight excluding hydrogens is 398 g/mol. The molecule has 0 fully saturated rings. The van der Waals surface area contributed by atoms with Crippen LogP contribution in [0.4, 0.5) is 8.78 Å². The molecule has 0 spiro atoms. The minimum Gasteiger partial charge on any atom is -0.392 e. The number of H-pyrrole nitrogens is 1. The maximum Gasteiger partial charge on any atom is 0.299 e. The zero-order valence-corrected chi connectivity index (χ0v) is 17.3. The summed E-state index contributed by atoms with van der Waals surface area (Å²) in [4.78, 5) is 17.7. The smallest absolute Gasteiger partial charge is 0.299 e. The van der Waals surface area contributed by atoms with Gasteiger partial charge >= 0.3 is 0 Å². The predicted octanol–water partition coefficient (Wildman–Crippen LogP) is 4.60. The van der Waals surface area contributed by atoms with Crippen LogP contribution in [-0.2, 0) is 17.8 Å². The molecule has 31 heavy (non-hydrogen) atoms. The Bertz CT molecular complexity index is 1160. The summed E-state index contributed by atoms with van der Waals surface area (Å²) in [6.07, 6.45) is 8.65. The van der Waals surface area contributed by atoms with Crippen LogP contribution in [0.15, 0.2) is 36.4 Å². The number of aliphatic hydroxyl groups is 1. The van der Waals surface area contributed by atoms with Crippen LogP contribution in [0, 0.1) is 24.0 Å². The Hall–Kier alpha value is -3.17. The second kappa shape index (κ2) is 8.52. The number of fused-ring (bicyclic) bond motifs is 3. The van der Waals surface area contributed by atoms with Gasteiger partial charge in [-0.1, -0.05) is 31.9 Å². The van der Waals surface area contributed by atoms with Gasteiger partial charge in [-0.15, -0.1) is 6.42 Å². The van der Waals surface area contributed by atoms with E-state index in [2.05, 4.69) is 17.8 Å². The van der Waals surface area contributed by atoms with Crippen molar-refractivity contribution in [2.45, 2.75) is 51.3 Å². The summed E-state index contributed by atoms with van der Waals surface area (Å²) in [7, 11) is 0. The van der Waals surface area contributed by atoms with Crippen LogP contribution in [0.5, 0.6) is 0 Å². The lowest BCUT2D eigenvalue weighted by atomic mass is 9.86. The Balaban J connectivity index is 1.97. The molecule has 4 rings (SSSR count). The van der Waals surface area contributed by atoms with E-state index < -0.39 is 17.8 Å². The zero-order valence-electron chi connectivity index (χ0n) is 17.3. The number of aromatic nitrogens is 1. The molecule has 1 amide bonds. The Morgan fingerprint density at radius 2 is 2.03 bits per heavy atom. The van der Waals surface area contributed by atoms with E-state index in [0.717, 1.165) is 24.8 Å². The number of halogens is 2. The summed E-state index contributed by atoms with van der Waals surface area (Å²) in [6, 6.07) is 8.27. The van der Waals surface area contributed by atoms with Gasteiger partial charge in [-0.3, -0.25) is 4.79 Å². The molecule has 3 aromatic rings. The van der Waals surface area contributed by atoms with Gasteiger partial charge in [0.15, 0.2) is 0 Å². The van der Waals surface area contributed by atoms with Crippen molar-refractivity contribution in [2.75, 3.05) is 0 Å². The van der Waals surface area contributed by atoms with Gasteiger partial charge in [0.2, 0.25) is 0 Å². The number of nitrogens with zero attached hydrogens (tertiary/aromatic N) is 1. The number of nitrogens with one attached hydrogen (secondary N) is 1. The van der Waals surface area contributed by atoms with E-state index in [1.54, 1.807) is 23.1 Å². The Labute approximate surface area is 179 Å². The lowest BCUT2D eigenvalue weighted by molar-refractivity contribution is -0.130. The number of hydrogen-bond donors (Lipinski definition) is 2. The minimum atomic E-state index is -0.584. The average Bonchev–Trinajstić information content (AvgIpc) is 3.15. The highest BCUT2D eigenvalue weighted by Crippen LogP contribution is 2.42. The quantitative estimate of drug-likeness (QED) is 0.591. The Morgan fingerprint density at radius 1 is 1.29 bits per heavy atom. The SMILES string of the molecule is C#CC(=O)N1C(c2ccc(F)cc2)c2[nH]c3c(F)cc(CO)cc3c2C[C@@H]1CCCC. The summed E-state index contributed by atoms with van der Waals surface area (Å²) in [5, 5.41) is 10.2. The molecule has 1 aliphatic rings. The van der Waals surface area contributed by atoms with Gasteiger partial charge in [0.05, 0.1) is 18.2 Å². The predicted molar refractivity (Wildman–Crippen MR) is 115 cm³/mol. The van der Waals surface area contributed by atoms with Crippen LogP contribution in [0.25, 0.3) is 10.9 Å². The third-order valence-electron chi connectivity index (χ3n) is 6.06. The van der Waals surface area contributed by atoms with Gasteiger partial charge in [-0.05, 0) is 59.7 Å². The van der Waals surface area contributed by atoms with Crippen molar-refractivity contribution < 1.29 is 18.7 Å². The first-order chi connectivity index (χ1) is 15.0. The summed E-state index contributed by atoms with van der Waals surface area (Å²) in [6.45, 7) is 1.81. The molecule has 160 valence electrons. The van der Waals surface area contributed by atoms with Crippen LogP contribution in [0.3, 0.4) is 0 Å². The van der Waals surface area contributed by atoms with E-state index in [4.69, 9.17) is 6.42 Å². The van der Waals surface area contributed by atoms with Crippen molar-refractivity contribution >= 4 is 16.8 Å². The third-order valence-corrected chi connectivity index (χ3v) is 6.06. The molecule has 2 aromatic carbocycles. The number of hydrogen-bond acceptors (Lipinski definition) is 2. The molecule has 6 heteroatoms. The highest BCUT2D eigenvalue weighted by molar-refractivity contribution is 5.95. The molecular formula is C25H24F2N2O2. The summed E-state index contributed by atoms with van der Waals surface area (Å²) in [5.41, 5.74) is 3.09.